The van der Waals surface area contributed by atoms with Crippen LogP contribution in [0.4, 0.5) is 5.82 Å². The summed E-state index contributed by atoms with van der Waals surface area (Å²) in [6.45, 7) is 2.66. The zero-order valence-electron chi connectivity index (χ0n) is 17.3. The molecule has 11 nitrogen and oxygen atoms in total. The van der Waals surface area contributed by atoms with Crippen LogP contribution in [0.25, 0.3) is 11.2 Å². The first-order valence-electron chi connectivity index (χ1n) is 10.1. The lowest BCUT2D eigenvalue weighted by Gasteiger charge is -2.16. The molecule has 0 radical (unpaired) electrons. The third-order valence-corrected chi connectivity index (χ3v) is 4.97. The molecule has 1 aliphatic heterocycles. The van der Waals surface area contributed by atoms with Crippen molar-refractivity contribution in [1.82, 2.24) is 30.2 Å². The van der Waals surface area contributed by atoms with Crippen LogP contribution >= 0.6 is 0 Å². The molecule has 1 amide bonds. The first kappa shape index (κ1) is 21.5. The molecule has 32 heavy (non-hydrogen) atoms. The molecular formula is C21H23N7O4. The van der Waals surface area contributed by atoms with Gasteiger partial charge in [-0.25, -0.2) is 15.0 Å². The molecule has 0 bridgehead atoms. The fourth-order valence-corrected chi connectivity index (χ4v) is 3.40. The first-order valence-corrected chi connectivity index (χ1v) is 10.1. The highest BCUT2D eigenvalue weighted by molar-refractivity contribution is 5.83. The minimum Gasteiger partial charge on any atom is -0.387 e. The number of aromatic nitrogens is 4. The maximum Gasteiger partial charge on any atom is 0.252 e. The summed E-state index contributed by atoms with van der Waals surface area (Å²) in [5.41, 5.74) is 7.63. The molecule has 11 heteroatoms. The summed E-state index contributed by atoms with van der Waals surface area (Å²) in [4.78, 5) is 24.8. The molecule has 166 valence electrons. The topological polar surface area (TPSA) is 160 Å². The lowest BCUT2D eigenvalue weighted by Crippen LogP contribution is -2.42. The van der Waals surface area contributed by atoms with Crippen molar-refractivity contribution < 1.29 is 19.7 Å². The van der Waals surface area contributed by atoms with Gasteiger partial charge in [-0.2, -0.15) is 0 Å². The van der Waals surface area contributed by atoms with Crippen LogP contribution in [0, 0.1) is 12.0 Å². The molecule has 2 aromatic heterocycles. The normalized spacial score (nSPS) is 22.3. The third-order valence-electron chi connectivity index (χ3n) is 4.97. The number of ether oxygens (including phenoxy) is 1. The second-order valence-electron chi connectivity index (χ2n) is 7.17. The Morgan fingerprint density at radius 1 is 1.25 bits per heavy atom. The summed E-state index contributed by atoms with van der Waals surface area (Å²) >= 11 is 0. The summed E-state index contributed by atoms with van der Waals surface area (Å²) in [7, 11) is 0. The van der Waals surface area contributed by atoms with Crippen LogP contribution in [0.5, 0.6) is 0 Å². The number of aliphatic hydroxyl groups is 2. The quantitative estimate of drug-likeness (QED) is 0.256. The number of nitrogens with one attached hydrogen (secondary N) is 2. The van der Waals surface area contributed by atoms with E-state index in [2.05, 4.69) is 37.6 Å². The second-order valence-corrected chi connectivity index (χ2v) is 7.17. The van der Waals surface area contributed by atoms with E-state index in [4.69, 9.17) is 10.5 Å². The van der Waals surface area contributed by atoms with Crippen molar-refractivity contribution in [2.24, 2.45) is 0 Å². The van der Waals surface area contributed by atoms with E-state index < -0.39 is 30.4 Å². The Morgan fingerprint density at radius 2 is 2.03 bits per heavy atom. The van der Waals surface area contributed by atoms with Gasteiger partial charge in [-0.05, 0) is 18.4 Å². The van der Waals surface area contributed by atoms with Crippen molar-refractivity contribution in [1.29, 1.82) is 0 Å². The number of imidazole rings is 1. The van der Waals surface area contributed by atoms with Crippen LogP contribution in [0.15, 0.2) is 36.7 Å². The van der Waals surface area contributed by atoms with Gasteiger partial charge >= 0.3 is 0 Å². The fraction of sp³-hybridized carbons (Fsp3) is 0.333. The van der Waals surface area contributed by atoms with Crippen molar-refractivity contribution >= 4 is 22.9 Å². The molecule has 3 aromatic rings. The predicted molar refractivity (Wildman–Crippen MR) is 115 cm³/mol. The van der Waals surface area contributed by atoms with E-state index in [9.17, 15) is 15.0 Å². The number of carbonyl (C=O) groups is 1. The van der Waals surface area contributed by atoms with E-state index in [1.165, 1.54) is 10.9 Å². The molecule has 4 atom stereocenters. The molecule has 0 aliphatic carbocycles. The van der Waals surface area contributed by atoms with Gasteiger partial charge in [0.2, 0.25) is 5.82 Å². The molecule has 1 saturated heterocycles. The number of benzene rings is 1. The molecule has 0 spiro atoms. The molecule has 1 aliphatic rings. The number of likely N-dealkylation sites (N-methyl/N-ethyl adjacent to an activating group) is 1. The zero-order chi connectivity index (χ0) is 22.7. The van der Waals surface area contributed by atoms with Crippen molar-refractivity contribution in [3.05, 3.63) is 48.0 Å². The van der Waals surface area contributed by atoms with E-state index >= 15 is 0 Å². The van der Waals surface area contributed by atoms with Crippen LogP contribution in [0.3, 0.4) is 0 Å². The van der Waals surface area contributed by atoms with Gasteiger partial charge in [0.05, 0.1) is 6.33 Å². The highest BCUT2D eigenvalue weighted by Crippen LogP contribution is 2.32. The molecule has 3 heterocycles. The highest BCUT2D eigenvalue weighted by atomic mass is 16.6. The van der Waals surface area contributed by atoms with Crippen LogP contribution in [-0.2, 0) is 16.1 Å². The Bertz CT molecular complexity index is 1170. The predicted octanol–water partition coefficient (Wildman–Crippen LogP) is -0.737. The zero-order valence-corrected chi connectivity index (χ0v) is 17.3. The van der Waals surface area contributed by atoms with Gasteiger partial charge in [-0.1, -0.05) is 30.3 Å². The monoisotopic (exact) mass is 437 g/mol. The third kappa shape index (κ3) is 4.19. The first-order chi connectivity index (χ1) is 15.5. The number of nitrogens with two attached hydrogens (primary N) is 1. The number of amides is 1. The average Bonchev–Trinajstić information content (AvgIpc) is 3.34. The van der Waals surface area contributed by atoms with Crippen LogP contribution in [-0.4, -0.2) is 60.5 Å². The number of fused-ring (bicyclic) bond motifs is 1. The summed E-state index contributed by atoms with van der Waals surface area (Å²) in [6.07, 6.45) is -3.74. The summed E-state index contributed by atoms with van der Waals surface area (Å²) < 4.78 is 7.05. The molecular weight excluding hydrogens is 414 g/mol. The van der Waals surface area contributed by atoms with E-state index in [1.54, 1.807) is 6.92 Å². The Labute approximate surface area is 183 Å². The SMILES string of the molecule is CCNC(=O)[C@H]1OC(n2cnc3c(N)nc(C#CNCc4ccccc4)nc32)[C@H](O)[C@@H]1O. The molecule has 1 fully saturated rings. The molecule has 1 unspecified atom stereocenters. The number of nitrogen functional groups attached to an aromatic ring is 1. The van der Waals surface area contributed by atoms with Crippen molar-refractivity contribution in [3.63, 3.8) is 0 Å². The van der Waals surface area contributed by atoms with Crippen molar-refractivity contribution in [2.45, 2.75) is 38.0 Å². The number of hydrogen-bond donors (Lipinski definition) is 5. The van der Waals surface area contributed by atoms with Crippen molar-refractivity contribution in [2.75, 3.05) is 12.3 Å². The number of anilines is 1. The summed E-state index contributed by atoms with van der Waals surface area (Å²) in [5.74, 6) is 2.53. The van der Waals surface area contributed by atoms with E-state index in [-0.39, 0.29) is 17.3 Å². The van der Waals surface area contributed by atoms with Crippen LogP contribution in [0.2, 0.25) is 0 Å². The Balaban J connectivity index is 1.57. The number of carbonyl (C=O) groups excluding carboxylic acids is 1. The van der Waals surface area contributed by atoms with Gasteiger partial charge < -0.3 is 31.3 Å². The standard InChI is InChI=1S/C21H23N7O4/c1-2-24-20(31)17-15(29)16(30)21(32-17)28-11-25-14-18(22)26-13(27-19(14)28)8-9-23-10-12-6-4-3-5-7-12/h3-7,11,15-17,21,23,29-30H,2,10H2,1H3,(H,24,31)(H2,22,26,27)/t15-,16+,17-,21?/m0/s1. The summed E-state index contributed by atoms with van der Waals surface area (Å²) in [5, 5.41) is 26.3. The fourth-order valence-electron chi connectivity index (χ4n) is 3.40. The van der Waals surface area contributed by atoms with E-state index in [0.29, 0.717) is 18.6 Å². The highest BCUT2D eigenvalue weighted by Gasteiger charge is 2.47. The van der Waals surface area contributed by atoms with E-state index in [0.717, 1.165) is 5.56 Å². The van der Waals surface area contributed by atoms with Crippen molar-refractivity contribution in [3.8, 4) is 12.0 Å². The minimum absolute atomic E-state index is 0.106. The lowest BCUT2D eigenvalue weighted by molar-refractivity contribution is -0.137. The number of nitrogens with zero attached hydrogens (tertiary/aromatic N) is 4. The largest absolute Gasteiger partial charge is 0.387 e. The molecule has 1 aromatic carbocycles. The average molecular weight is 437 g/mol. The minimum atomic E-state index is -1.41. The maximum atomic E-state index is 12.1. The van der Waals surface area contributed by atoms with Gasteiger partial charge in [0, 0.05) is 19.1 Å². The smallest absolute Gasteiger partial charge is 0.252 e. The van der Waals surface area contributed by atoms with Gasteiger partial charge in [0.1, 0.15) is 17.7 Å². The summed E-state index contributed by atoms with van der Waals surface area (Å²) in [6, 6.07) is 12.6. The molecule has 0 saturated carbocycles. The van der Waals surface area contributed by atoms with Gasteiger partial charge in [0.15, 0.2) is 23.8 Å². The Morgan fingerprint density at radius 3 is 2.78 bits per heavy atom. The lowest BCUT2D eigenvalue weighted by atomic mass is 10.1. The van der Waals surface area contributed by atoms with Gasteiger partial charge in [-0.15, -0.1) is 0 Å². The number of aliphatic hydroxyl groups excluding tert-OH is 2. The van der Waals surface area contributed by atoms with Crippen LogP contribution < -0.4 is 16.4 Å². The Kier molecular flexibility index (Phi) is 6.18. The Hall–Kier alpha value is -3.72. The number of rotatable bonds is 5. The molecule has 6 N–H and O–H groups in total. The van der Waals surface area contributed by atoms with E-state index in [1.807, 2.05) is 30.3 Å². The van der Waals surface area contributed by atoms with Crippen LogP contribution in [0.1, 0.15) is 24.5 Å². The maximum absolute atomic E-state index is 12.1. The van der Waals surface area contributed by atoms with Gasteiger partial charge in [-0.3, -0.25) is 9.36 Å². The van der Waals surface area contributed by atoms with Gasteiger partial charge in [0.25, 0.3) is 5.91 Å². The second kappa shape index (κ2) is 9.19. The molecule has 4 rings (SSSR count). The number of hydrogen-bond acceptors (Lipinski definition) is 9.